The largest absolute Gasteiger partial charge is 0.476 e. The number of fused-ring (bicyclic) bond motifs is 1. The van der Waals surface area contributed by atoms with Gasteiger partial charge in [-0.15, -0.1) is 0 Å². The van der Waals surface area contributed by atoms with Crippen molar-refractivity contribution in [2.45, 2.75) is 6.92 Å². The molecule has 0 saturated carbocycles. The molecule has 94 valence electrons. The first-order valence-electron chi connectivity index (χ1n) is 5.68. The zero-order valence-corrected chi connectivity index (χ0v) is 10.1. The number of aromatic nitrogens is 4. The molecule has 0 radical (unpaired) electrons. The number of benzene rings is 1. The summed E-state index contributed by atoms with van der Waals surface area (Å²) < 4.78 is 0. The third-order valence-corrected chi connectivity index (χ3v) is 2.82. The van der Waals surface area contributed by atoms with E-state index in [1.165, 1.54) is 0 Å². The maximum absolute atomic E-state index is 11.1. The minimum atomic E-state index is -1.08. The molecule has 2 aromatic heterocycles. The minimum absolute atomic E-state index is 0.0160. The van der Waals surface area contributed by atoms with E-state index in [1.54, 1.807) is 6.92 Å². The summed E-state index contributed by atoms with van der Waals surface area (Å²) in [6.45, 7) is 1.78. The highest BCUT2D eigenvalue weighted by molar-refractivity contribution is 5.99. The van der Waals surface area contributed by atoms with E-state index in [2.05, 4.69) is 20.2 Å². The van der Waals surface area contributed by atoms with Gasteiger partial charge in [0, 0.05) is 5.56 Å². The van der Waals surface area contributed by atoms with Gasteiger partial charge in [-0.1, -0.05) is 30.3 Å². The van der Waals surface area contributed by atoms with Crippen LogP contribution >= 0.6 is 0 Å². The van der Waals surface area contributed by atoms with Crippen molar-refractivity contribution in [1.82, 2.24) is 20.2 Å². The highest BCUT2D eigenvalue weighted by Gasteiger charge is 2.17. The van der Waals surface area contributed by atoms with Gasteiger partial charge < -0.3 is 5.11 Å². The molecule has 0 fully saturated rings. The van der Waals surface area contributed by atoms with Crippen molar-refractivity contribution in [1.29, 1.82) is 0 Å². The fraction of sp³-hybridized carbons (Fsp3) is 0.0769. The van der Waals surface area contributed by atoms with Crippen LogP contribution in [0.3, 0.4) is 0 Å². The molecule has 3 rings (SSSR count). The van der Waals surface area contributed by atoms with Crippen LogP contribution in [0.2, 0.25) is 0 Å². The molecule has 6 nitrogen and oxygen atoms in total. The average molecular weight is 254 g/mol. The van der Waals surface area contributed by atoms with E-state index in [4.69, 9.17) is 5.11 Å². The highest BCUT2D eigenvalue weighted by atomic mass is 16.4. The molecule has 0 aliphatic heterocycles. The molecule has 0 atom stereocenters. The van der Waals surface area contributed by atoms with Crippen molar-refractivity contribution in [3.63, 3.8) is 0 Å². The fourth-order valence-corrected chi connectivity index (χ4v) is 1.91. The number of aromatic amines is 1. The van der Waals surface area contributed by atoms with Crippen LogP contribution in [0.25, 0.3) is 22.4 Å². The summed E-state index contributed by atoms with van der Waals surface area (Å²) in [6, 6.07) is 9.41. The Hall–Kier alpha value is -2.76. The number of carboxylic acid groups (broad SMARTS) is 1. The summed E-state index contributed by atoms with van der Waals surface area (Å²) in [4.78, 5) is 19.8. The van der Waals surface area contributed by atoms with Crippen molar-refractivity contribution < 1.29 is 9.90 Å². The Labute approximate surface area is 108 Å². The number of H-pyrrole nitrogens is 1. The predicted molar refractivity (Wildman–Crippen MR) is 68.8 cm³/mol. The van der Waals surface area contributed by atoms with Gasteiger partial charge in [0.25, 0.3) is 0 Å². The zero-order valence-electron chi connectivity index (χ0n) is 10.1. The van der Waals surface area contributed by atoms with Gasteiger partial charge in [0.05, 0.1) is 5.69 Å². The number of nitrogens with one attached hydrogen (secondary N) is 1. The molecule has 0 spiro atoms. The topological polar surface area (TPSA) is 91.8 Å². The number of carboxylic acids is 1. The Morgan fingerprint density at radius 3 is 2.58 bits per heavy atom. The standard InChI is InChI=1S/C13H10N4O2/c1-7-9-10(11(13(18)19)17-16-9)15-12(14-7)8-5-3-2-4-6-8/h2-6H,1H3,(H,16,17)(H,18,19). The lowest BCUT2D eigenvalue weighted by molar-refractivity contribution is 0.0692. The lowest BCUT2D eigenvalue weighted by Gasteiger charge is -2.02. The second-order valence-electron chi connectivity index (χ2n) is 4.10. The van der Waals surface area contributed by atoms with Crippen LogP contribution in [-0.2, 0) is 0 Å². The van der Waals surface area contributed by atoms with E-state index in [9.17, 15) is 4.79 Å². The lowest BCUT2D eigenvalue weighted by Crippen LogP contribution is -1.99. The van der Waals surface area contributed by atoms with Gasteiger partial charge in [0.2, 0.25) is 0 Å². The van der Waals surface area contributed by atoms with Crippen molar-refractivity contribution in [2.75, 3.05) is 0 Å². The van der Waals surface area contributed by atoms with E-state index in [1.807, 2.05) is 30.3 Å². The van der Waals surface area contributed by atoms with E-state index in [0.717, 1.165) is 5.56 Å². The molecule has 0 bridgehead atoms. The van der Waals surface area contributed by atoms with E-state index in [0.29, 0.717) is 22.6 Å². The molecule has 0 amide bonds. The van der Waals surface area contributed by atoms with Gasteiger partial charge in [0.15, 0.2) is 11.5 Å². The number of aromatic carboxylic acids is 1. The van der Waals surface area contributed by atoms with Crippen molar-refractivity contribution in [3.05, 3.63) is 41.7 Å². The van der Waals surface area contributed by atoms with E-state index >= 15 is 0 Å². The molecule has 19 heavy (non-hydrogen) atoms. The maximum Gasteiger partial charge on any atom is 0.356 e. The molecule has 2 N–H and O–H groups in total. The monoisotopic (exact) mass is 254 g/mol. The number of hydrogen-bond acceptors (Lipinski definition) is 4. The Balaban J connectivity index is 2.28. The van der Waals surface area contributed by atoms with Gasteiger partial charge in [-0.3, -0.25) is 5.10 Å². The van der Waals surface area contributed by atoms with Gasteiger partial charge in [-0.05, 0) is 6.92 Å². The van der Waals surface area contributed by atoms with Crippen LogP contribution < -0.4 is 0 Å². The van der Waals surface area contributed by atoms with Crippen LogP contribution in [0.5, 0.6) is 0 Å². The van der Waals surface area contributed by atoms with Crippen LogP contribution in [0.4, 0.5) is 0 Å². The van der Waals surface area contributed by atoms with Crippen molar-refractivity contribution in [3.8, 4) is 11.4 Å². The maximum atomic E-state index is 11.1. The molecule has 0 aliphatic rings. The first-order valence-corrected chi connectivity index (χ1v) is 5.68. The molecule has 1 aromatic carbocycles. The number of hydrogen-bond donors (Lipinski definition) is 2. The molecule has 0 saturated heterocycles. The summed E-state index contributed by atoms with van der Waals surface area (Å²) >= 11 is 0. The highest BCUT2D eigenvalue weighted by Crippen LogP contribution is 2.21. The number of rotatable bonds is 2. The minimum Gasteiger partial charge on any atom is -0.476 e. The Morgan fingerprint density at radius 1 is 1.16 bits per heavy atom. The van der Waals surface area contributed by atoms with E-state index < -0.39 is 5.97 Å². The van der Waals surface area contributed by atoms with Gasteiger partial charge in [-0.2, -0.15) is 5.10 Å². The van der Waals surface area contributed by atoms with Crippen LogP contribution in [0.15, 0.2) is 30.3 Å². The SMILES string of the molecule is Cc1nc(-c2ccccc2)nc2c(C(=O)O)[nH]nc12. The van der Waals surface area contributed by atoms with Gasteiger partial charge in [-0.25, -0.2) is 14.8 Å². The zero-order chi connectivity index (χ0) is 13.4. The lowest BCUT2D eigenvalue weighted by atomic mass is 10.2. The second-order valence-corrected chi connectivity index (χ2v) is 4.10. The first kappa shape index (κ1) is 11.3. The smallest absolute Gasteiger partial charge is 0.356 e. The molecule has 3 aromatic rings. The van der Waals surface area contributed by atoms with Crippen molar-refractivity contribution >= 4 is 17.0 Å². The number of nitrogens with zero attached hydrogens (tertiary/aromatic N) is 3. The summed E-state index contributed by atoms with van der Waals surface area (Å²) in [7, 11) is 0. The Kier molecular flexibility index (Phi) is 2.49. The first-order chi connectivity index (χ1) is 9.16. The molecule has 0 unspecified atom stereocenters. The molecular weight excluding hydrogens is 244 g/mol. The Morgan fingerprint density at radius 2 is 1.89 bits per heavy atom. The van der Waals surface area contributed by atoms with Gasteiger partial charge >= 0.3 is 5.97 Å². The quantitative estimate of drug-likeness (QED) is 0.730. The molecule has 0 aliphatic carbocycles. The van der Waals surface area contributed by atoms with Crippen LogP contribution in [0, 0.1) is 6.92 Å². The molecule has 6 heteroatoms. The average Bonchev–Trinajstić information content (AvgIpc) is 2.84. The van der Waals surface area contributed by atoms with Crippen molar-refractivity contribution in [2.24, 2.45) is 0 Å². The summed E-state index contributed by atoms with van der Waals surface area (Å²) in [5.74, 6) is -0.589. The van der Waals surface area contributed by atoms with Crippen LogP contribution in [0.1, 0.15) is 16.2 Å². The van der Waals surface area contributed by atoms with Gasteiger partial charge in [0.1, 0.15) is 11.0 Å². The normalized spacial score (nSPS) is 10.8. The number of aryl methyl sites for hydroxylation is 1. The Bertz CT molecular complexity index is 765. The third kappa shape index (κ3) is 1.83. The molecule has 2 heterocycles. The second kappa shape index (κ2) is 4.16. The molecular formula is C13H10N4O2. The predicted octanol–water partition coefficient (Wildman–Crippen LogP) is 2.03. The van der Waals surface area contributed by atoms with Crippen LogP contribution in [-0.4, -0.2) is 31.2 Å². The number of carbonyl (C=O) groups is 1. The fourth-order valence-electron chi connectivity index (χ4n) is 1.91. The summed E-state index contributed by atoms with van der Waals surface area (Å²) in [5.41, 5.74) is 2.28. The summed E-state index contributed by atoms with van der Waals surface area (Å²) in [5, 5.41) is 15.5. The summed E-state index contributed by atoms with van der Waals surface area (Å²) in [6.07, 6.45) is 0. The van der Waals surface area contributed by atoms with E-state index in [-0.39, 0.29) is 5.69 Å². The third-order valence-electron chi connectivity index (χ3n) is 2.82.